The first-order chi connectivity index (χ1) is 12.7. The number of nitrogens with zero attached hydrogens (tertiary/aromatic N) is 4. The van der Waals surface area contributed by atoms with Crippen molar-refractivity contribution in [1.29, 1.82) is 0 Å². The van der Waals surface area contributed by atoms with Crippen LogP contribution in [0, 0.1) is 6.92 Å². The maximum atomic E-state index is 5.69. The maximum Gasteiger partial charge on any atom is 0.263 e. The van der Waals surface area contributed by atoms with Crippen LogP contribution in [-0.2, 0) is 6.54 Å². The summed E-state index contributed by atoms with van der Waals surface area (Å²) in [6.45, 7) is 4.64. The van der Waals surface area contributed by atoms with Gasteiger partial charge in [-0.05, 0) is 43.7 Å². The Balaban J connectivity index is 1.42. The number of aryl methyl sites for hydroxylation is 1. The van der Waals surface area contributed by atoms with Gasteiger partial charge in [0.15, 0.2) is 5.76 Å². The van der Waals surface area contributed by atoms with Crippen molar-refractivity contribution in [3.8, 4) is 17.3 Å². The van der Waals surface area contributed by atoms with Gasteiger partial charge in [-0.1, -0.05) is 12.1 Å². The average Bonchev–Trinajstić information content (AvgIpc) is 3.41. The predicted molar refractivity (Wildman–Crippen MR) is 95.6 cm³/mol. The average molecular weight is 349 g/mol. The van der Waals surface area contributed by atoms with E-state index in [4.69, 9.17) is 8.83 Å². The van der Waals surface area contributed by atoms with Crippen LogP contribution in [0.25, 0.3) is 17.3 Å². The molecule has 3 aromatic heterocycles. The largest absolute Gasteiger partial charge is 0.459 e. The van der Waals surface area contributed by atoms with E-state index in [-0.39, 0.29) is 6.04 Å². The molecule has 0 spiro atoms. The molecule has 7 nitrogen and oxygen atoms in total. The Morgan fingerprint density at radius 3 is 2.73 bits per heavy atom. The van der Waals surface area contributed by atoms with Crippen molar-refractivity contribution >= 4 is 0 Å². The third-order valence-corrected chi connectivity index (χ3v) is 4.28. The molecule has 0 aliphatic heterocycles. The Morgan fingerprint density at radius 1 is 1.19 bits per heavy atom. The molecule has 4 rings (SSSR count). The Labute approximate surface area is 150 Å². The quantitative estimate of drug-likeness (QED) is 0.572. The third kappa shape index (κ3) is 3.29. The number of furan rings is 1. The van der Waals surface area contributed by atoms with Gasteiger partial charge >= 0.3 is 0 Å². The molecule has 7 heteroatoms. The topological polar surface area (TPSA) is 81.9 Å². The molecule has 0 saturated heterocycles. The van der Waals surface area contributed by atoms with Crippen LogP contribution in [-0.4, -0.2) is 19.7 Å². The Bertz CT molecular complexity index is 956. The second kappa shape index (κ2) is 6.97. The number of hydrogen-bond acceptors (Lipinski definition) is 6. The molecule has 1 aromatic carbocycles. The zero-order valence-corrected chi connectivity index (χ0v) is 14.6. The lowest BCUT2D eigenvalue weighted by Gasteiger charge is -2.14. The Morgan fingerprint density at radius 2 is 2.04 bits per heavy atom. The maximum absolute atomic E-state index is 5.69. The van der Waals surface area contributed by atoms with E-state index in [0.717, 1.165) is 17.1 Å². The summed E-state index contributed by atoms with van der Waals surface area (Å²) in [7, 11) is 0. The molecule has 1 atom stereocenters. The summed E-state index contributed by atoms with van der Waals surface area (Å²) in [5.41, 5.74) is 3.04. The lowest BCUT2D eigenvalue weighted by Crippen LogP contribution is -2.18. The summed E-state index contributed by atoms with van der Waals surface area (Å²) in [5, 5.41) is 7.61. The van der Waals surface area contributed by atoms with Crippen molar-refractivity contribution < 1.29 is 8.83 Å². The molecule has 0 bridgehead atoms. The molecule has 4 aromatic rings. The monoisotopic (exact) mass is 349 g/mol. The minimum Gasteiger partial charge on any atom is -0.459 e. The molecule has 0 radical (unpaired) electrons. The van der Waals surface area contributed by atoms with Crippen LogP contribution < -0.4 is 5.32 Å². The van der Waals surface area contributed by atoms with E-state index in [9.17, 15) is 0 Å². The van der Waals surface area contributed by atoms with E-state index in [2.05, 4.69) is 39.4 Å². The van der Waals surface area contributed by atoms with Gasteiger partial charge in [-0.3, -0.25) is 0 Å². The summed E-state index contributed by atoms with van der Waals surface area (Å²) in [4.78, 5) is 8.49. The fraction of sp³-hybridized carbons (Fsp3) is 0.211. The van der Waals surface area contributed by atoms with Gasteiger partial charge in [0.05, 0.1) is 17.6 Å². The highest BCUT2D eigenvalue weighted by atomic mass is 16.4. The molecule has 132 valence electrons. The van der Waals surface area contributed by atoms with E-state index in [1.807, 2.05) is 31.2 Å². The number of nitrogens with one attached hydrogen (secondary N) is 1. The molecular formula is C19H19N5O2. The van der Waals surface area contributed by atoms with Crippen molar-refractivity contribution in [1.82, 2.24) is 25.1 Å². The highest BCUT2D eigenvalue weighted by molar-refractivity contribution is 5.44. The van der Waals surface area contributed by atoms with Gasteiger partial charge in [-0.25, -0.2) is 14.6 Å². The van der Waals surface area contributed by atoms with E-state index in [1.165, 1.54) is 11.9 Å². The van der Waals surface area contributed by atoms with Gasteiger partial charge in [0.2, 0.25) is 0 Å². The van der Waals surface area contributed by atoms with E-state index in [1.54, 1.807) is 17.3 Å². The second-order valence-electron chi connectivity index (χ2n) is 6.03. The first kappa shape index (κ1) is 16.3. The van der Waals surface area contributed by atoms with Gasteiger partial charge in [0.1, 0.15) is 18.4 Å². The van der Waals surface area contributed by atoms with Crippen molar-refractivity contribution in [3.05, 3.63) is 72.3 Å². The Kier molecular flexibility index (Phi) is 4.37. The molecule has 0 saturated carbocycles. The summed E-state index contributed by atoms with van der Waals surface area (Å²) < 4.78 is 12.8. The van der Waals surface area contributed by atoms with Gasteiger partial charge in [0, 0.05) is 12.6 Å². The lowest BCUT2D eigenvalue weighted by molar-refractivity contribution is 0.497. The summed E-state index contributed by atoms with van der Waals surface area (Å²) in [5.74, 6) is 1.93. The van der Waals surface area contributed by atoms with E-state index >= 15 is 0 Å². The number of hydrogen-bond donors (Lipinski definition) is 1. The molecule has 0 amide bonds. The van der Waals surface area contributed by atoms with E-state index in [0.29, 0.717) is 18.2 Å². The standard InChI is InChI=1S/C19H19N5O2/c1-13(15-5-7-16(8-6-15)24-12-20-11-22-24)21-10-17-14(2)26-19(23-17)18-4-3-9-25-18/h3-9,11-13,21H,10H2,1-2H3/t13-/m0/s1. The molecular weight excluding hydrogens is 330 g/mol. The predicted octanol–water partition coefficient (Wildman–Crippen LogP) is 3.67. The molecule has 0 aliphatic carbocycles. The molecule has 1 N–H and O–H groups in total. The van der Waals surface area contributed by atoms with Crippen LogP contribution in [0.5, 0.6) is 0 Å². The van der Waals surface area contributed by atoms with Crippen molar-refractivity contribution in [2.45, 2.75) is 26.4 Å². The van der Waals surface area contributed by atoms with Gasteiger partial charge in [0.25, 0.3) is 5.89 Å². The fourth-order valence-electron chi connectivity index (χ4n) is 2.72. The third-order valence-electron chi connectivity index (χ3n) is 4.28. The van der Waals surface area contributed by atoms with Crippen LogP contribution in [0.1, 0.15) is 30.0 Å². The second-order valence-corrected chi connectivity index (χ2v) is 6.03. The minimum atomic E-state index is 0.169. The zero-order valence-electron chi connectivity index (χ0n) is 14.6. The highest BCUT2D eigenvalue weighted by Crippen LogP contribution is 2.22. The van der Waals surface area contributed by atoms with Crippen LogP contribution >= 0.6 is 0 Å². The minimum absolute atomic E-state index is 0.169. The summed E-state index contributed by atoms with van der Waals surface area (Å²) in [6.07, 6.45) is 4.81. The number of aromatic nitrogens is 4. The van der Waals surface area contributed by atoms with Crippen LogP contribution in [0.3, 0.4) is 0 Å². The fourth-order valence-corrected chi connectivity index (χ4v) is 2.72. The van der Waals surface area contributed by atoms with Gasteiger partial charge in [-0.2, -0.15) is 5.10 Å². The van der Waals surface area contributed by atoms with E-state index < -0.39 is 0 Å². The van der Waals surface area contributed by atoms with Crippen LogP contribution in [0.2, 0.25) is 0 Å². The molecule has 0 aliphatic rings. The lowest BCUT2D eigenvalue weighted by atomic mass is 10.1. The van der Waals surface area contributed by atoms with Gasteiger partial charge in [-0.15, -0.1) is 0 Å². The first-order valence-corrected chi connectivity index (χ1v) is 8.39. The number of benzene rings is 1. The SMILES string of the molecule is Cc1oc(-c2ccco2)nc1CN[C@@H](C)c1ccc(-n2cncn2)cc1. The number of rotatable bonds is 6. The molecule has 0 fully saturated rings. The normalized spacial score (nSPS) is 12.4. The first-order valence-electron chi connectivity index (χ1n) is 8.39. The van der Waals surface area contributed by atoms with Crippen molar-refractivity contribution in [2.75, 3.05) is 0 Å². The van der Waals surface area contributed by atoms with Crippen LogP contribution in [0.4, 0.5) is 0 Å². The smallest absolute Gasteiger partial charge is 0.263 e. The van der Waals surface area contributed by atoms with Crippen molar-refractivity contribution in [2.24, 2.45) is 0 Å². The molecule has 3 heterocycles. The Hall–Kier alpha value is -3.19. The van der Waals surface area contributed by atoms with Crippen molar-refractivity contribution in [3.63, 3.8) is 0 Å². The van der Waals surface area contributed by atoms with Gasteiger partial charge < -0.3 is 14.2 Å². The van der Waals surface area contributed by atoms with Crippen LogP contribution in [0.15, 0.2) is 64.2 Å². The number of oxazole rings is 1. The highest BCUT2D eigenvalue weighted by Gasteiger charge is 2.14. The molecule has 26 heavy (non-hydrogen) atoms. The summed E-state index contributed by atoms with van der Waals surface area (Å²) in [6, 6.07) is 12.0. The molecule has 0 unspecified atom stereocenters. The zero-order chi connectivity index (χ0) is 17.9. The summed E-state index contributed by atoms with van der Waals surface area (Å²) >= 11 is 0.